The molecule has 136 valence electrons. The van der Waals surface area contributed by atoms with Gasteiger partial charge in [-0.25, -0.2) is 0 Å². The summed E-state index contributed by atoms with van der Waals surface area (Å²) in [7, 11) is 1.54. The highest BCUT2D eigenvalue weighted by atomic mass is 35.5. The molecular weight excluding hydrogens is 352 g/mol. The lowest BCUT2D eigenvalue weighted by molar-refractivity contribution is -0.128. The molecule has 1 fully saturated rings. The highest BCUT2D eigenvalue weighted by Gasteiger charge is 2.34. The Morgan fingerprint density at radius 3 is 2.73 bits per heavy atom. The van der Waals surface area contributed by atoms with Crippen LogP contribution in [0, 0.1) is 5.92 Å². The van der Waals surface area contributed by atoms with E-state index in [0.717, 1.165) is 6.42 Å². The molecule has 1 saturated heterocycles. The van der Waals surface area contributed by atoms with E-state index in [0.29, 0.717) is 29.5 Å². The third-order valence-corrected chi connectivity index (χ3v) is 4.81. The largest absolute Gasteiger partial charge is 0.495 e. The first-order chi connectivity index (χ1) is 12.6. The van der Waals surface area contributed by atoms with Crippen LogP contribution in [0.2, 0.25) is 5.02 Å². The molecule has 0 spiro atoms. The molecular formula is C20H21ClN2O3. The van der Waals surface area contributed by atoms with Crippen molar-refractivity contribution in [2.75, 3.05) is 25.5 Å². The molecule has 0 bridgehead atoms. The van der Waals surface area contributed by atoms with Crippen molar-refractivity contribution in [1.29, 1.82) is 0 Å². The molecule has 0 aromatic heterocycles. The molecule has 0 unspecified atom stereocenters. The summed E-state index contributed by atoms with van der Waals surface area (Å²) in [5.41, 5.74) is 1.78. The van der Waals surface area contributed by atoms with Crippen LogP contribution < -0.4 is 10.1 Å². The molecule has 0 radical (unpaired) electrons. The second-order valence-corrected chi connectivity index (χ2v) is 6.72. The van der Waals surface area contributed by atoms with Crippen LogP contribution in [0.4, 0.5) is 5.69 Å². The Morgan fingerprint density at radius 1 is 1.27 bits per heavy atom. The van der Waals surface area contributed by atoms with E-state index in [-0.39, 0.29) is 24.2 Å². The minimum absolute atomic E-state index is 0.0221. The molecule has 2 amide bonds. The van der Waals surface area contributed by atoms with Gasteiger partial charge < -0.3 is 15.0 Å². The summed E-state index contributed by atoms with van der Waals surface area (Å²) in [6, 6.07) is 15.1. The zero-order valence-corrected chi connectivity index (χ0v) is 15.3. The molecule has 2 aromatic carbocycles. The van der Waals surface area contributed by atoms with Crippen molar-refractivity contribution >= 4 is 29.1 Å². The Kier molecular flexibility index (Phi) is 5.78. The Hall–Kier alpha value is -2.53. The van der Waals surface area contributed by atoms with Gasteiger partial charge in [0.1, 0.15) is 5.75 Å². The monoisotopic (exact) mass is 372 g/mol. The maximum absolute atomic E-state index is 12.5. The van der Waals surface area contributed by atoms with Gasteiger partial charge in [-0.2, -0.15) is 0 Å². The van der Waals surface area contributed by atoms with Crippen LogP contribution in [0.3, 0.4) is 0 Å². The van der Waals surface area contributed by atoms with Gasteiger partial charge in [-0.3, -0.25) is 9.59 Å². The molecule has 3 rings (SSSR count). The number of anilines is 1. The Bertz CT molecular complexity index is 795. The molecule has 1 aliphatic heterocycles. The molecule has 1 atom stereocenters. The fourth-order valence-corrected chi connectivity index (χ4v) is 3.32. The summed E-state index contributed by atoms with van der Waals surface area (Å²) < 4.78 is 5.10. The summed E-state index contributed by atoms with van der Waals surface area (Å²) in [4.78, 5) is 26.5. The van der Waals surface area contributed by atoms with Crippen molar-refractivity contribution < 1.29 is 14.3 Å². The lowest BCUT2D eigenvalue weighted by atomic mass is 10.1. The molecule has 26 heavy (non-hydrogen) atoms. The summed E-state index contributed by atoms with van der Waals surface area (Å²) in [6.45, 7) is 1.07. The number of rotatable bonds is 6. The lowest BCUT2D eigenvalue weighted by Gasteiger charge is -2.16. The number of nitrogens with one attached hydrogen (secondary N) is 1. The lowest BCUT2D eigenvalue weighted by Crippen LogP contribution is -2.30. The molecule has 1 heterocycles. The molecule has 6 heteroatoms. The van der Waals surface area contributed by atoms with Crippen LogP contribution >= 0.6 is 11.6 Å². The van der Waals surface area contributed by atoms with E-state index in [2.05, 4.69) is 5.32 Å². The van der Waals surface area contributed by atoms with Gasteiger partial charge >= 0.3 is 0 Å². The van der Waals surface area contributed by atoms with Gasteiger partial charge in [0.15, 0.2) is 0 Å². The summed E-state index contributed by atoms with van der Waals surface area (Å²) in [5, 5.41) is 3.26. The van der Waals surface area contributed by atoms with Crippen molar-refractivity contribution in [3.8, 4) is 5.75 Å². The van der Waals surface area contributed by atoms with Gasteiger partial charge in [-0.15, -0.1) is 0 Å². The summed E-state index contributed by atoms with van der Waals surface area (Å²) in [6.07, 6.45) is 1.03. The second kappa shape index (κ2) is 8.23. The van der Waals surface area contributed by atoms with Crippen molar-refractivity contribution in [1.82, 2.24) is 4.90 Å². The van der Waals surface area contributed by atoms with Gasteiger partial charge in [0.25, 0.3) is 0 Å². The minimum Gasteiger partial charge on any atom is -0.495 e. The number of likely N-dealkylation sites (tertiary alicyclic amines) is 1. The van der Waals surface area contributed by atoms with E-state index in [4.69, 9.17) is 16.3 Å². The molecule has 1 aliphatic rings. The first-order valence-electron chi connectivity index (χ1n) is 8.53. The Balaban J connectivity index is 1.55. The van der Waals surface area contributed by atoms with Crippen LogP contribution in [0.25, 0.3) is 0 Å². The third-order valence-electron chi connectivity index (χ3n) is 4.52. The zero-order valence-electron chi connectivity index (χ0n) is 14.6. The molecule has 0 saturated carbocycles. The predicted molar refractivity (Wildman–Crippen MR) is 101 cm³/mol. The van der Waals surface area contributed by atoms with Crippen LogP contribution in [0.15, 0.2) is 48.5 Å². The van der Waals surface area contributed by atoms with E-state index < -0.39 is 0 Å². The smallest absolute Gasteiger partial charge is 0.229 e. The highest BCUT2D eigenvalue weighted by Crippen LogP contribution is 2.28. The topological polar surface area (TPSA) is 58.6 Å². The fourth-order valence-electron chi connectivity index (χ4n) is 3.06. The maximum atomic E-state index is 12.5. The van der Waals surface area contributed by atoms with Gasteiger partial charge in [0, 0.05) is 25.2 Å². The number of hydrogen-bond acceptors (Lipinski definition) is 3. The van der Waals surface area contributed by atoms with Crippen molar-refractivity contribution in [3.63, 3.8) is 0 Å². The van der Waals surface area contributed by atoms with Crippen LogP contribution in [0.1, 0.15) is 12.0 Å². The van der Waals surface area contributed by atoms with Crippen LogP contribution in [0.5, 0.6) is 5.75 Å². The average molecular weight is 373 g/mol. The number of hydrogen-bond donors (Lipinski definition) is 1. The van der Waals surface area contributed by atoms with E-state index in [1.165, 1.54) is 12.7 Å². The van der Waals surface area contributed by atoms with Crippen molar-refractivity contribution in [2.45, 2.75) is 12.8 Å². The van der Waals surface area contributed by atoms with E-state index in [1.807, 2.05) is 30.3 Å². The quantitative estimate of drug-likeness (QED) is 0.845. The van der Waals surface area contributed by atoms with E-state index >= 15 is 0 Å². The van der Waals surface area contributed by atoms with E-state index in [1.54, 1.807) is 23.1 Å². The molecule has 1 N–H and O–H groups in total. The van der Waals surface area contributed by atoms with Crippen LogP contribution in [-0.2, 0) is 16.0 Å². The van der Waals surface area contributed by atoms with Crippen molar-refractivity contribution in [3.05, 3.63) is 59.1 Å². The number of amides is 2. The standard InChI is InChI=1S/C20H21ClN2O3/c1-26-18-8-7-16(12-17(18)21)22-20(25)15-11-19(24)23(13-15)10-9-14-5-3-2-4-6-14/h2-8,12,15H,9-11,13H2,1H3,(H,22,25)/t15-/m1/s1. The molecule has 0 aliphatic carbocycles. The Labute approximate surface area is 157 Å². The third kappa shape index (κ3) is 4.35. The number of carbonyl (C=O) groups is 2. The van der Waals surface area contributed by atoms with Crippen LogP contribution in [-0.4, -0.2) is 36.9 Å². The fraction of sp³-hybridized carbons (Fsp3) is 0.300. The molecule has 5 nitrogen and oxygen atoms in total. The van der Waals surface area contributed by atoms with Gasteiger partial charge in [-0.05, 0) is 30.2 Å². The predicted octanol–water partition coefficient (Wildman–Crippen LogP) is 3.38. The number of nitrogens with zero attached hydrogens (tertiary/aromatic N) is 1. The minimum atomic E-state index is -0.348. The second-order valence-electron chi connectivity index (χ2n) is 6.31. The number of carbonyl (C=O) groups excluding carboxylic acids is 2. The van der Waals surface area contributed by atoms with Gasteiger partial charge in [-0.1, -0.05) is 41.9 Å². The first-order valence-corrected chi connectivity index (χ1v) is 8.90. The summed E-state index contributed by atoms with van der Waals surface area (Å²) >= 11 is 6.08. The van der Waals surface area contributed by atoms with Gasteiger partial charge in [0.05, 0.1) is 18.1 Å². The number of methoxy groups -OCH3 is 1. The maximum Gasteiger partial charge on any atom is 0.229 e. The SMILES string of the molecule is COc1ccc(NC(=O)[C@@H]2CC(=O)N(CCc3ccccc3)C2)cc1Cl. The zero-order chi connectivity index (χ0) is 18.5. The van der Waals surface area contributed by atoms with E-state index in [9.17, 15) is 9.59 Å². The number of halogens is 1. The molecule has 2 aromatic rings. The average Bonchev–Trinajstić information content (AvgIpc) is 3.02. The van der Waals surface area contributed by atoms with Gasteiger partial charge in [0.2, 0.25) is 11.8 Å². The normalized spacial score (nSPS) is 16.6. The first kappa shape index (κ1) is 18.3. The van der Waals surface area contributed by atoms with Crippen molar-refractivity contribution in [2.24, 2.45) is 5.92 Å². The number of benzene rings is 2. The number of ether oxygens (including phenoxy) is 1. The highest BCUT2D eigenvalue weighted by molar-refractivity contribution is 6.32. The Morgan fingerprint density at radius 2 is 2.04 bits per heavy atom. The summed E-state index contributed by atoms with van der Waals surface area (Å²) in [5.74, 6) is 0.0580.